The minimum absolute atomic E-state index is 0.1000. The van der Waals surface area contributed by atoms with E-state index in [1.54, 1.807) is 7.11 Å². The molecule has 1 unspecified atom stereocenters. The standard InChI is InChI=1S/C15H22F3NO/c1-12(5-4-9-15(16,17)18)19-10-8-13-6-3-7-14(11-13)20-2/h3,6-7,11-12,19H,4-5,8-10H2,1-2H3. The topological polar surface area (TPSA) is 21.3 Å². The highest BCUT2D eigenvalue weighted by Gasteiger charge is 2.26. The van der Waals surface area contributed by atoms with Crippen LogP contribution in [0.3, 0.4) is 0 Å². The van der Waals surface area contributed by atoms with Gasteiger partial charge in [-0.05, 0) is 50.4 Å². The summed E-state index contributed by atoms with van der Waals surface area (Å²) in [7, 11) is 1.63. The van der Waals surface area contributed by atoms with E-state index in [4.69, 9.17) is 4.74 Å². The molecule has 0 bridgehead atoms. The molecule has 0 heterocycles. The molecule has 0 radical (unpaired) electrons. The molecule has 5 heteroatoms. The maximum atomic E-state index is 12.0. The van der Waals surface area contributed by atoms with E-state index in [0.29, 0.717) is 6.42 Å². The zero-order chi connectivity index (χ0) is 15.0. The molecular formula is C15H22F3NO. The van der Waals surface area contributed by atoms with E-state index in [1.807, 2.05) is 31.2 Å². The van der Waals surface area contributed by atoms with E-state index < -0.39 is 12.6 Å². The summed E-state index contributed by atoms with van der Waals surface area (Å²) < 4.78 is 41.2. The third kappa shape index (κ3) is 7.38. The summed E-state index contributed by atoms with van der Waals surface area (Å²) >= 11 is 0. The van der Waals surface area contributed by atoms with Crippen LogP contribution in [0.4, 0.5) is 13.2 Å². The monoisotopic (exact) mass is 289 g/mol. The van der Waals surface area contributed by atoms with Gasteiger partial charge in [0.25, 0.3) is 0 Å². The van der Waals surface area contributed by atoms with Gasteiger partial charge in [-0.3, -0.25) is 0 Å². The summed E-state index contributed by atoms with van der Waals surface area (Å²) in [5.41, 5.74) is 1.15. The van der Waals surface area contributed by atoms with E-state index in [1.165, 1.54) is 0 Å². The van der Waals surface area contributed by atoms with Crippen molar-refractivity contribution >= 4 is 0 Å². The van der Waals surface area contributed by atoms with Crippen molar-refractivity contribution in [1.82, 2.24) is 5.32 Å². The number of hydrogen-bond donors (Lipinski definition) is 1. The zero-order valence-electron chi connectivity index (χ0n) is 12.0. The van der Waals surface area contributed by atoms with Gasteiger partial charge < -0.3 is 10.1 Å². The van der Waals surface area contributed by atoms with Crippen LogP contribution >= 0.6 is 0 Å². The molecule has 0 aliphatic heterocycles. The highest BCUT2D eigenvalue weighted by atomic mass is 19.4. The Morgan fingerprint density at radius 1 is 1.30 bits per heavy atom. The number of methoxy groups -OCH3 is 1. The molecule has 1 N–H and O–H groups in total. The molecule has 1 aromatic carbocycles. The largest absolute Gasteiger partial charge is 0.497 e. The fourth-order valence-electron chi connectivity index (χ4n) is 2.00. The lowest BCUT2D eigenvalue weighted by atomic mass is 10.1. The van der Waals surface area contributed by atoms with Gasteiger partial charge in [0.15, 0.2) is 0 Å². The van der Waals surface area contributed by atoms with Crippen molar-refractivity contribution in [2.45, 2.75) is 44.8 Å². The quantitative estimate of drug-likeness (QED) is 0.782. The van der Waals surface area contributed by atoms with Crippen LogP contribution in [-0.2, 0) is 6.42 Å². The first-order chi connectivity index (χ1) is 9.40. The van der Waals surface area contributed by atoms with Crippen LogP contribution in [0.2, 0.25) is 0 Å². The Kier molecular flexibility index (Phi) is 6.85. The normalized spacial score (nSPS) is 13.2. The van der Waals surface area contributed by atoms with Crippen molar-refractivity contribution in [2.24, 2.45) is 0 Å². The van der Waals surface area contributed by atoms with Gasteiger partial charge in [0.2, 0.25) is 0 Å². The maximum Gasteiger partial charge on any atom is 0.389 e. The lowest BCUT2D eigenvalue weighted by Crippen LogP contribution is -2.28. The second-order valence-electron chi connectivity index (χ2n) is 4.96. The summed E-state index contributed by atoms with van der Waals surface area (Å²) in [6.45, 7) is 2.67. The van der Waals surface area contributed by atoms with Gasteiger partial charge in [0.05, 0.1) is 7.11 Å². The number of rotatable bonds is 8. The van der Waals surface area contributed by atoms with Gasteiger partial charge in [-0.15, -0.1) is 0 Å². The molecule has 0 amide bonds. The molecule has 2 nitrogen and oxygen atoms in total. The molecule has 0 aliphatic rings. The zero-order valence-corrected chi connectivity index (χ0v) is 12.0. The van der Waals surface area contributed by atoms with Gasteiger partial charge in [-0.2, -0.15) is 13.2 Å². The average molecular weight is 289 g/mol. The lowest BCUT2D eigenvalue weighted by Gasteiger charge is -2.14. The molecular weight excluding hydrogens is 267 g/mol. The van der Waals surface area contributed by atoms with E-state index in [0.717, 1.165) is 24.3 Å². The van der Waals surface area contributed by atoms with Crippen molar-refractivity contribution in [3.8, 4) is 5.75 Å². The smallest absolute Gasteiger partial charge is 0.389 e. The minimum atomic E-state index is -4.04. The number of benzene rings is 1. The fraction of sp³-hybridized carbons (Fsp3) is 0.600. The minimum Gasteiger partial charge on any atom is -0.497 e. The molecule has 0 spiro atoms. The predicted molar refractivity (Wildman–Crippen MR) is 74.1 cm³/mol. The predicted octanol–water partition coefficient (Wildman–Crippen LogP) is 3.95. The van der Waals surface area contributed by atoms with Crippen molar-refractivity contribution in [1.29, 1.82) is 0 Å². The first kappa shape index (κ1) is 16.8. The molecule has 20 heavy (non-hydrogen) atoms. The van der Waals surface area contributed by atoms with Crippen LogP contribution < -0.4 is 10.1 Å². The molecule has 1 atom stereocenters. The highest BCUT2D eigenvalue weighted by Crippen LogP contribution is 2.22. The second kappa shape index (κ2) is 8.15. The molecule has 1 aromatic rings. The Morgan fingerprint density at radius 2 is 2.05 bits per heavy atom. The molecule has 0 saturated carbocycles. The van der Waals surface area contributed by atoms with E-state index in [-0.39, 0.29) is 12.5 Å². The van der Waals surface area contributed by atoms with E-state index in [2.05, 4.69) is 5.32 Å². The van der Waals surface area contributed by atoms with Crippen molar-refractivity contribution in [2.75, 3.05) is 13.7 Å². The SMILES string of the molecule is COc1cccc(CCNC(C)CCCC(F)(F)F)c1. The number of halogens is 3. The van der Waals surface area contributed by atoms with Crippen LogP contribution in [0.1, 0.15) is 31.7 Å². The summed E-state index contributed by atoms with van der Waals surface area (Å²) in [5, 5.41) is 3.25. The highest BCUT2D eigenvalue weighted by molar-refractivity contribution is 5.28. The Bertz CT molecular complexity index is 393. The van der Waals surface area contributed by atoms with Gasteiger partial charge >= 0.3 is 6.18 Å². The first-order valence-corrected chi connectivity index (χ1v) is 6.84. The van der Waals surface area contributed by atoms with Crippen molar-refractivity contribution < 1.29 is 17.9 Å². The summed E-state index contributed by atoms with van der Waals surface area (Å²) in [6.07, 6.45) is -3.19. The summed E-state index contributed by atoms with van der Waals surface area (Å²) in [6, 6.07) is 7.90. The van der Waals surface area contributed by atoms with Crippen LogP contribution in [0.5, 0.6) is 5.75 Å². The van der Waals surface area contributed by atoms with Gasteiger partial charge in [0, 0.05) is 12.5 Å². The molecule has 114 valence electrons. The number of hydrogen-bond acceptors (Lipinski definition) is 2. The van der Waals surface area contributed by atoms with Crippen molar-refractivity contribution in [3.63, 3.8) is 0 Å². The van der Waals surface area contributed by atoms with E-state index in [9.17, 15) is 13.2 Å². The Hall–Kier alpha value is -1.23. The van der Waals surface area contributed by atoms with Crippen LogP contribution in [-0.4, -0.2) is 25.9 Å². The molecule has 0 aromatic heterocycles. The molecule has 0 fully saturated rings. The Labute approximate surface area is 118 Å². The Balaban J connectivity index is 2.19. The van der Waals surface area contributed by atoms with Gasteiger partial charge in [-0.1, -0.05) is 12.1 Å². The Morgan fingerprint density at radius 3 is 2.70 bits per heavy atom. The van der Waals surface area contributed by atoms with Crippen molar-refractivity contribution in [3.05, 3.63) is 29.8 Å². The van der Waals surface area contributed by atoms with Gasteiger partial charge in [0.1, 0.15) is 5.75 Å². The molecule has 0 aliphatic carbocycles. The third-order valence-corrected chi connectivity index (χ3v) is 3.14. The average Bonchev–Trinajstić information content (AvgIpc) is 2.37. The first-order valence-electron chi connectivity index (χ1n) is 6.84. The van der Waals surface area contributed by atoms with Crippen LogP contribution in [0, 0.1) is 0 Å². The summed E-state index contributed by atoms with van der Waals surface area (Å²) in [4.78, 5) is 0. The number of alkyl halides is 3. The number of ether oxygens (including phenoxy) is 1. The fourth-order valence-corrected chi connectivity index (χ4v) is 2.00. The van der Waals surface area contributed by atoms with Crippen LogP contribution in [0.15, 0.2) is 24.3 Å². The lowest BCUT2D eigenvalue weighted by molar-refractivity contribution is -0.135. The molecule has 0 saturated heterocycles. The maximum absolute atomic E-state index is 12.0. The van der Waals surface area contributed by atoms with Gasteiger partial charge in [-0.25, -0.2) is 0 Å². The third-order valence-electron chi connectivity index (χ3n) is 3.14. The molecule has 1 rings (SSSR count). The van der Waals surface area contributed by atoms with Crippen LogP contribution in [0.25, 0.3) is 0 Å². The second-order valence-corrected chi connectivity index (χ2v) is 4.96. The summed E-state index contributed by atoms with van der Waals surface area (Å²) in [5.74, 6) is 0.820. The number of nitrogens with one attached hydrogen (secondary N) is 1. The van der Waals surface area contributed by atoms with E-state index >= 15 is 0 Å².